The molecule has 0 aromatic heterocycles. The number of aliphatic hydroxyl groups excluding tert-OH is 2. The van der Waals surface area contributed by atoms with Crippen molar-refractivity contribution in [1.29, 1.82) is 0 Å². The molecular weight excluding hydrogens is 1030 g/mol. The van der Waals surface area contributed by atoms with Crippen LogP contribution in [0.1, 0.15) is 425 Å². The lowest BCUT2D eigenvalue weighted by atomic mass is 10.0. The molecule has 0 rings (SSSR count). The van der Waals surface area contributed by atoms with Crippen LogP contribution in [0.25, 0.3) is 0 Å². The number of amides is 1. The van der Waals surface area contributed by atoms with E-state index in [2.05, 4.69) is 43.5 Å². The third-order valence-corrected chi connectivity index (χ3v) is 17.9. The Bertz CT molecular complexity index is 1360. The van der Waals surface area contributed by atoms with E-state index in [-0.39, 0.29) is 18.5 Å². The van der Waals surface area contributed by atoms with E-state index in [1.165, 1.54) is 353 Å². The van der Waals surface area contributed by atoms with Gasteiger partial charge in [-0.15, -0.1) is 0 Å². The largest absolute Gasteiger partial charge is 0.466 e. The minimum atomic E-state index is -0.846. The summed E-state index contributed by atoms with van der Waals surface area (Å²) in [6.07, 6.45) is 95.3. The van der Waals surface area contributed by atoms with Crippen molar-refractivity contribution in [1.82, 2.24) is 5.32 Å². The monoisotopic (exact) mass is 1180 g/mol. The van der Waals surface area contributed by atoms with E-state index in [4.69, 9.17) is 4.74 Å². The number of nitrogens with one attached hydrogen (secondary N) is 1. The van der Waals surface area contributed by atoms with Crippen LogP contribution < -0.4 is 5.32 Å². The molecule has 0 aromatic carbocycles. The molecule has 0 bridgehead atoms. The van der Waals surface area contributed by atoms with E-state index in [9.17, 15) is 19.8 Å². The van der Waals surface area contributed by atoms with Crippen LogP contribution in [-0.4, -0.2) is 47.4 Å². The molecule has 2 atom stereocenters. The zero-order valence-corrected chi connectivity index (χ0v) is 56.9. The van der Waals surface area contributed by atoms with Crippen molar-refractivity contribution >= 4 is 11.9 Å². The SMILES string of the molecule is CCCCCCCCC/C=C\CCCCCCCC(=O)OCCCCCCCCCCCCCC/C=C\CCCCCCCCCCCCCCC(=O)NC(CO)C(O)/C=C/CCCCCCCCCCCCCCCCCCCCCCC. The van der Waals surface area contributed by atoms with Crippen molar-refractivity contribution < 1.29 is 24.5 Å². The first kappa shape index (κ1) is 82.1. The number of hydrogen-bond donors (Lipinski definition) is 3. The van der Waals surface area contributed by atoms with Gasteiger partial charge in [-0.25, -0.2) is 0 Å². The first-order valence-electron chi connectivity index (χ1n) is 38.3. The van der Waals surface area contributed by atoms with Gasteiger partial charge in [0.05, 0.1) is 25.4 Å². The molecule has 496 valence electrons. The minimum absolute atomic E-state index is 0.00881. The first-order chi connectivity index (χ1) is 41.5. The van der Waals surface area contributed by atoms with E-state index in [1.807, 2.05) is 6.08 Å². The quantitative estimate of drug-likeness (QED) is 0.0320. The summed E-state index contributed by atoms with van der Waals surface area (Å²) in [5.74, 6) is -0.0547. The van der Waals surface area contributed by atoms with Gasteiger partial charge in [0.25, 0.3) is 0 Å². The molecule has 0 saturated carbocycles. The Morgan fingerprint density at radius 2 is 0.560 bits per heavy atom. The van der Waals surface area contributed by atoms with Crippen molar-refractivity contribution in [2.75, 3.05) is 13.2 Å². The first-order valence-corrected chi connectivity index (χ1v) is 38.3. The van der Waals surface area contributed by atoms with E-state index >= 15 is 0 Å². The Labute approximate surface area is 525 Å². The van der Waals surface area contributed by atoms with Crippen molar-refractivity contribution in [2.45, 2.75) is 437 Å². The molecule has 0 aliphatic heterocycles. The molecule has 0 aromatic rings. The van der Waals surface area contributed by atoms with Crippen LogP contribution in [0.2, 0.25) is 0 Å². The summed E-state index contributed by atoms with van der Waals surface area (Å²) in [5.41, 5.74) is 0. The number of ether oxygens (including phenoxy) is 1. The Morgan fingerprint density at radius 3 is 0.845 bits per heavy atom. The van der Waals surface area contributed by atoms with E-state index in [1.54, 1.807) is 6.08 Å². The molecular formula is C78H149NO5. The summed E-state index contributed by atoms with van der Waals surface area (Å²) in [7, 11) is 0. The molecule has 1 amide bonds. The van der Waals surface area contributed by atoms with Gasteiger partial charge < -0.3 is 20.3 Å². The molecule has 0 spiro atoms. The zero-order valence-electron chi connectivity index (χ0n) is 56.9. The molecule has 6 heteroatoms. The van der Waals surface area contributed by atoms with Gasteiger partial charge in [0.1, 0.15) is 0 Å². The molecule has 6 nitrogen and oxygen atoms in total. The van der Waals surface area contributed by atoms with Crippen LogP contribution in [0.5, 0.6) is 0 Å². The van der Waals surface area contributed by atoms with Crippen molar-refractivity contribution in [2.24, 2.45) is 0 Å². The molecule has 84 heavy (non-hydrogen) atoms. The molecule has 2 unspecified atom stereocenters. The normalized spacial score (nSPS) is 12.7. The van der Waals surface area contributed by atoms with Crippen molar-refractivity contribution in [3.05, 3.63) is 36.5 Å². The summed E-state index contributed by atoms with van der Waals surface area (Å²) < 4.78 is 5.50. The second-order valence-electron chi connectivity index (χ2n) is 26.3. The number of carbonyl (C=O) groups is 2. The maximum atomic E-state index is 12.5. The summed E-state index contributed by atoms with van der Waals surface area (Å²) in [6.45, 7) is 4.94. The van der Waals surface area contributed by atoms with Crippen LogP contribution >= 0.6 is 0 Å². The number of esters is 1. The van der Waals surface area contributed by atoms with Crippen molar-refractivity contribution in [3.8, 4) is 0 Å². The highest BCUT2D eigenvalue weighted by molar-refractivity contribution is 5.76. The van der Waals surface area contributed by atoms with Crippen molar-refractivity contribution in [3.63, 3.8) is 0 Å². The molecule has 3 N–H and O–H groups in total. The third-order valence-electron chi connectivity index (χ3n) is 17.9. The maximum absolute atomic E-state index is 12.5. The summed E-state index contributed by atoms with van der Waals surface area (Å²) in [5, 5.41) is 23.3. The Hall–Kier alpha value is -1.92. The maximum Gasteiger partial charge on any atom is 0.305 e. The van der Waals surface area contributed by atoms with Gasteiger partial charge in [-0.05, 0) is 83.5 Å². The number of allylic oxidation sites excluding steroid dienone is 5. The number of rotatable bonds is 72. The predicted octanol–water partition coefficient (Wildman–Crippen LogP) is 25.0. The lowest BCUT2D eigenvalue weighted by Gasteiger charge is -2.20. The van der Waals surface area contributed by atoms with Gasteiger partial charge in [-0.1, -0.05) is 365 Å². The van der Waals surface area contributed by atoms with Gasteiger partial charge in [0, 0.05) is 12.8 Å². The Morgan fingerprint density at radius 1 is 0.321 bits per heavy atom. The molecule has 0 aliphatic rings. The van der Waals surface area contributed by atoms with Crippen LogP contribution in [0.15, 0.2) is 36.5 Å². The number of carbonyl (C=O) groups excluding carboxylic acids is 2. The summed E-state index contributed by atoms with van der Waals surface area (Å²) >= 11 is 0. The lowest BCUT2D eigenvalue weighted by molar-refractivity contribution is -0.143. The summed E-state index contributed by atoms with van der Waals surface area (Å²) in [6, 6.07) is -0.630. The standard InChI is InChI=1S/C78H149NO5/c1-3-5-7-9-11-13-15-17-19-21-22-23-30-33-36-39-42-46-50-54-58-62-66-70-76(81)75(74-80)79-77(82)71-67-63-59-55-51-47-43-40-37-34-31-28-26-24-25-27-29-32-35-38-41-45-49-53-57-61-65-69-73-84-78(83)72-68-64-60-56-52-48-44-20-18-16-14-12-10-8-6-4-2/h20,24-25,44,66,70,75-76,80-81H,3-19,21-23,26-43,45-65,67-69,71-74H2,1-2H3,(H,79,82)/b25-24-,44-20-,70-66+. The minimum Gasteiger partial charge on any atom is -0.466 e. The second-order valence-corrected chi connectivity index (χ2v) is 26.3. The average molecular weight is 1180 g/mol. The molecule has 0 saturated heterocycles. The zero-order chi connectivity index (χ0) is 60.6. The number of aliphatic hydroxyl groups is 2. The fourth-order valence-electron chi connectivity index (χ4n) is 12.0. The molecule has 0 aliphatic carbocycles. The fraction of sp³-hybridized carbons (Fsp3) is 0.897. The smallest absolute Gasteiger partial charge is 0.305 e. The lowest BCUT2D eigenvalue weighted by Crippen LogP contribution is -2.45. The molecule has 0 radical (unpaired) electrons. The van der Waals surface area contributed by atoms with Crippen LogP contribution in [0.4, 0.5) is 0 Å². The van der Waals surface area contributed by atoms with Crippen LogP contribution in [0.3, 0.4) is 0 Å². The predicted molar refractivity (Wildman–Crippen MR) is 370 cm³/mol. The Balaban J connectivity index is 3.40. The Kier molecular flexibility index (Phi) is 71.9. The van der Waals surface area contributed by atoms with Gasteiger partial charge >= 0.3 is 5.97 Å². The molecule has 0 fully saturated rings. The van der Waals surface area contributed by atoms with Crippen LogP contribution in [-0.2, 0) is 14.3 Å². The van der Waals surface area contributed by atoms with E-state index < -0.39 is 12.1 Å². The van der Waals surface area contributed by atoms with E-state index in [0.29, 0.717) is 19.4 Å². The number of hydrogen-bond acceptors (Lipinski definition) is 5. The van der Waals surface area contributed by atoms with E-state index in [0.717, 1.165) is 44.9 Å². The highest BCUT2D eigenvalue weighted by Gasteiger charge is 2.18. The van der Waals surface area contributed by atoms with Gasteiger partial charge in [-0.3, -0.25) is 9.59 Å². The topological polar surface area (TPSA) is 95.9 Å². The van der Waals surface area contributed by atoms with Crippen LogP contribution in [0, 0.1) is 0 Å². The second kappa shape index (κ2) is 73.5. The highest BCUT2D eigenvalue weighted by atomic mass is 16.5. The number of unbranched alkanes of at least 4 members (excludes halogenated alkanes) is 57. The molecule has 0 heterocycles. The fourth-order valence-corrected chi connectivity index (χ4v) is 12.0. The average Bonchev–Trinajstić information content (AvgIpc) is 3.53. The third kappa shape index (κ3) is 69.2. The van der Waals surface area contributed by atoms with Gasteiger partial charge in [-0.2, -0.15) is 0 Å². The van der Waals surface area contributed by atoms with Gasteiger partial charge in [0.2, 0.25) is 5.91 Å². The highest BCUT2D eigenvalue weighted by Crippen LogP contribution is 2.19. The van der Waals surface area contributed by atoms with Gasteiger partial charge in [0.15, 0.2) is 0 Å². The summed E-state index contributed by atoms with van der Waals surface area (Å²) in [4.78, 5) is 24.6.